The smallest absolute Gasteiger partial charge is 0.409 e. The SMILES string of the molecule is CCOC(=O)N1CCC(Nc2nncc(Nc3ccccc3)n2)CC1. The Balaban J connectivity index is 1.54. The second-order valence-electron chi connectivity index (χ2n) is 5.76. The van der Waals surface area contributed by atoms with E-state index in [9.17, 15) is 4.79 Å². The summed E-state index contributed by atoms with van der Waals surface area (Å²) in [7, 11) is 0. The van der Waals surface area contributed by atoms with Crippen molar-refractivity contribution in [2.24, 2.45) is 0 Å². The fourth-order valence-electron chi connectivity index (χ4n) is 2.70. The van der Waals surface area contributed by atoms with Gasteiger partial charge >= 0.3 is 6.09 Å². The lowest BCUT2D eigenvalue weighted by atomic mass is 10.1. The molecular formula is C17H22N6O2. The first-order valence-corrected chi connectivity index (χ1v) is 8.44. The van der Waals surface area contributed by atoms with E-state index in [-0.39, 0.29) is 12.1 Å². The van der Waals surface area contributed by atoms with Crippen molar-refractivity contribution in [3.05, 3.63) is 36.5 Å². The first kappa shape index (κ1) is 16.9. The van der Waals surface area contributed by atoms with Gasteiger partial charge in [0, 0.05) is 24.8 Å². The molecule has 2 N–H and O–H groups in total. The number of benzene rings is 1. The third kappa shape index (κ3) is 4.79. The molecule has 1 aromatic carbocycles. The van der Waals surface area contributed by atoms with Crippen LogP contribution in [-0.2, 0) is 4.74 Å². The van der Waals surface area contributed by atoms with Crippen LogP contribution >= 0.6 is 0 Å². The Morgan fingerprint density at radius 3 is 2.76 bits per heavy atom. The van der Waals surface area contributed by atoms with Crippen molar-refractivity contribution in [3.8, 4) is 0 Å². The van der Waals surface area contributed by atoms with Crippen LogP contribution in [0.25, 0.3) is 0 Å². The average molecular weight is 342 g/mol. The molecule has 2 aromatic rings. The second kappa shape index (κ2) is 8.27. The van der Waals surface area contributed by atoms with Gasteiger partial charge in [0.05, 0.1) is 12.8 Å². The molecule has 0 bridgehead atoms. The van der Waals surface area contributed by atoms with E-state index in [1.54, 1.807) is 11.1 Å². The molecule has 0 radical (unpaired) electrons. The average Bonchev–Trinajstić information content (AvgIpc) is 2.64. The molecule has 0 saturated carbocycles. The van der Waals surface area contributed by atoms with Crippen molar-refractivity contribution in [3.63, 3.8) is 0 Å². The first-order valence-electron chi connectivity index (χ1n) is 8.44. The third-order valence-corrected chi connectivity index (χ3v) is 3.96. The van der Waals surface area contributed by atoms with Crippen LogP contribution in [-0.4, -0.2) is 51.9 Å². The number of nitrogens with one attached hydrogen (secondary N) is 2. The maximum atomic E-state index is 11.7. The summed E-state index contributed by atoms with van der Waals surface area (Å²) in [6.45, 7) is 3.53. The molecule has 1 aliphatic rings. The number of piperidine rings is 1. The number of amides is 1. The molecule has 0 atom stereocenters. The van der Waals surface area contributed by atoms with E-state index in [1.807, 2.05) is 37.3 Å². The summed E-state index contributed by atoms with van der Waals surface area (Å²) in [5, 5.41) is 14.5. The zero-order valence-electron chi connectivity index (χ0n) is 14.2. The standard InChI is InChI=1S/C17H22N6O2/c1-2-25-17(24)23-10-8-14(9-11-23)20-16-21-15(12-18-22-16)19-13-6-4-3-5-7-13/h3-7,12,14H,2,8-11H2,1H3,(H2,19,20,21,22). The van der Waals surface area contributed by atoms with Crippen molar-refractivity contribution >= 4 is 23.5 Å². The maximum Gasteiger partial charge on any atom is 0.409 e. The molecule has 1 aliphatic heterocycles. The zero-order valence-corrected chi connectivity index (χ0v) is 14.2. The van der Waals surface area contributed by atoms with Gasteiger partial charge in [-0.2, -0.15) is 10.1 Å². The summed E-state index contributed by atoms with van der Waals surface area (Å²) < 4.78 is 5.03. The van der Waals surface area contributed by atoms with Crippen LogP contribution in [0.3, 0.4) is 0 Å². The van der Waals surface area contributed by atoms with Gasteiger partial charge in [-0.15, -0.1) is 5.10 Å². The zero-order chi connectivity index (χ0) is 17.5. The Labute approximate surface area is 146 Å². The molecule has 1 aromatic heterocycles. The Hall–Kier alpha value is -2.90. The van der Waals surface area contributed by atoms with E-state index in [4.69, 9.17) is 4.74 Å². The second-order valence-corrected chi connectivity index (χ2v) is 5.76. The summed E-state index contributed by atoms with van der Waals surface area (Å²) in [6.07, 6.45) is 2.98. The minimum Gasteiger partial charge on any atom is -0.450 e. The van der Waals surface area contributed by atoms with Gasteiger partial charge < -0.3 is 20.3 Å². The van der Waals surface area contributed by atoms with Crippen LogP contribution in [0.1, 0.15) is 19.8 Å². The van der Waals surface area contributed by atoms with E-state index in [1.165, 1.54) is 0 Å². The molecule has 1 fully saturated rings. The summed E-state index contributed by atoms with van der Waals surface area (Å²) in [4.78, 5) is 17.9. The van der Waals surface area contributed by atoms with Crippen LogP contribution in [0.15, 0.2) is 36.5 Å². The molecule has 2 heterocycles. The number of rotatable bonds is 5. The van der Waals surface area contributed by atoms with Gasteiger partial charge in [-0.05, 0) is 31.9 Å². The molecule has 0 aliphatic carbocycles. The van der Waals surface area contributed by atoms with Crippen LogP contribution in [0.5, 0.6) is 0 Å². The van der Waals surface area contributed by atoms with E-state index in [0.29, 0.717) is 31.5 Å². The quantitative estimate of drug-likeness (QED) is 0.863. The lowest BCUT2D eigenvalue weighted by molar-refractivity contribution is 0.0983. The molecule has 25 heavy (non-hydrogen) atoms. The minimum absolute atomic E-state index is 0.208. The van der Waals surface area contributed by atoms with Crippen LogP contribution in [0.2, 0.25) is 0 Å². The summed E-state index contributed by atoms with van der Waals surface area (Å²) in [6, 6.07) is 9.99. The van der Waals surface area contributed by atoms with Crippen molar-refractivity contribution in [1.82, 2.24) is 20.1 Å². The predicted molar refractivity (Wildman–Crippen MR) is 94.8 cm³/mol. The number of ether oxygens (including phenoxy) is 1. The van der Waals surface area contributed by atoms with Crippen LogP contribution < -0.4 is 10.6 Å². The number of nitrogens with zero attached hydrogens (tertiary/aromatic N) is 4. The van der Waals surface area contributed by atoms with Gasteiger partial charge in [0.2, 0.25) is 5.95 Å². The third-order valence-electron chi connectivity index (χ3n) is 3.96. The highest BCUT2D eigenvalue weighted by Gasteiger charge is 2.24. The highest BCUT2D eigenvalue weighted by molar-refractivity contribution is 5.67. The summed E-state index contributed by atoms with van der Waals surface area (Å²) in [5.41, 5.74) is 0.941. The summed E-state index contributed by atoms with van der Waals surface area (Å²) in [5.74, 6) is 1.11. The number of carbonyl (C=O) groups is 1. The van der Waals surface area contributed by atoms with Crippen molar-refractivity contribution in [1.29, 1.82) is 0 Å². The molecule has 1 saturated heterocycles. The molecule has 0 spiro atoms. The summed E-state index contributed by atoms with van der Waals surface area (Å²) >= 11 is 0. The van der Waals surface area contributed by atoms with Gasteiger partial charge in [0.1, 0.15) is 0 Å². The Bertz CT molecular complexity index is 689. The molecule has 8 nitrogen and oxygen atoms in total. The van der Waals surface area contributed by atoms with E-state index >= 15 is 0 Å². The number of aromatic nitrogens is 3. The van der Waals surface area contributed by atoms with Crippen LogP contribution in [0.4, 0.5) is 22.2 Å². The minimum atomic E-state index is -0.243. The number of hydrogen-bond acceptors (Lipinski definition) is 7. The van der Waals surface area contributed by atoms with Crippen molar-refractivity contribution < 1.29 is 9.53 Å². The number of para-hydroxylation sites is 1. The first-order chi connectivity index (χ1) is 12.2. The fourth-order valence-corrected chi connectivity index (χ4v) is 2.70. The topological polar surface area (TPSA) is 92.3 Å². The highest BCUT2D eigenvalue weighted by atomic mass is 16.6. The van der Waals surface area contributed by atoms with Gasteiger partial charge in [-0.1, -0.05) is 18.2 Å². The van der Waals surface area contributed by atoms with Gasteiger partial charge in [-0.25, -0.2) is 4.79 Å². The fraction of sp³-hybridized carbons (Fsp3) is 0.412. The lowest BCUT2D eigenvalue weighted by Crippen LogP contribution is -2.42. The predicted octanol–water partition coefficient (Wildman–Crippen LogP) is 2.65. The monoisotopic (exact) mass is 342 g/mol. The molecule has 8 heteroatoms. The maximum absolute atomic E-state index is 11.7. The van der Waals surface area contributed by atoms with Gasteiger partial charge in [0.15, 0.2) is 5.82 Å². The number of carbonyl (C=O) groups excluding carboxylic acids is 1. The van der Waals surface area contributed by atoms with Crippen molar-refractivity contribution in [2.75, 3.05) is 30.3 Å². The molecule has 132 valence electrons. The Kier molecular flexibility index (Phi) is 5.61. The molecule has 1 amide bonds. The van der Waals surface area contributed by atoms with Gasteiger partial charge in [0.25, 0.3) is 0 Å². The van der Waals surface area contributed by atoms with Crippen molar-refractivity contribution in [2.45, 2.75) is 25.8 Å². The normalized spacial score (nSPS) is 14.8. The van der Waals surface area contributed by atoms with E-state index in [0.717, 1.165) is 18.5 Å². The Morgan fingerprint density at radius 2 is 2.04 bits per heavy atom. The largest absolute Gasteiger partial charge is 0.450 e. The van der Waals surface area contributed by atoms with Gasteiger partial charge in [-0.3, -0.25) is 0 Å². The van der Waals surface area contributed by atoms with E-state index < -0.39 is 0 Å². The number of hydrogen-bond donors (Lipinski definition) is 2. The highest BCUT2D eigenvalue weighted by Crippen LogP contribution is 2.17. The number of likely N-dealkylation sites (tertiary alicyclic amines) is 1. The molecular weight excluding hydrogens is 320 g/mol. The van der Waals surface area contributed by atoms with E-state index in [2.05, 4.69) is 25.8 Å². The van der Waals surface area contributed by atoms with Crippen LogP contribution in [0, 0.1) is 0 Å². The Morgan fingerprint density at radius 1 is 1.28 bits per heavy atom. The molecule has 3 rings (SSSR count). The molecule has 0 unspecified atom stereocenters. The lowest BCUT2D eigenvalue weighted by Gasteiger charge is -2.31. The number of anilines is 3.